The number of hydrogen-bond acceptors (Lipinski definition) is 5. The molecule has 0 bridgehead atoms. The van der Waals surface area contributed by atoms with Gasteiger partial charge in [0.05, 0.1) is 11.5 Å². The van der Waals surface area contributed by atoms with Gasteiger partial charge < -0.3 is 14.6 Å². The summed E-state index contributed by atoms with van der Waals surface area (Å²) < 4.78 is 11.4. The second-order valence-corrected chi connectivity index (χ2v) is 6.38. The van der Waals surface area contributed by atoms with Crippen LogP contribution in [-0.2, 0) is 19.8 Å². The molecule has 0 saturated heterocycles. The summed E-state index contributed by atoms with van der Waals surface area (Å²) in [6.07, 6.45) is 0. The lowest BCUT2D eigenvalue weighted by Crippen LogP contribution is -2.02. The molecular weight excluding hydrogens is 358 g/mol. The van der Waals surface area contributed by atoms with Crippen molar-refractivity contribution in [2.24, 2.45) is 0 Å². The van der Waals surface area contributed by atoms with E-state index in [1.807, 2.05) is 43.3 Å². The van der Waals surface area contributed by atoms with Crippen molar-refractivity contribution in [1.29, 1.82) is 0 Å². The monoisotopic (exact) mass is 379 g/mol. The Kier molecular flexibility index (Phi) is 6.24. The van der Waals surface area contributed by atoms with Crippen molar-refractivity contribution >= 4 is 5.69 Å². The molecule has 0 heterocycles. The van der Waals surface area contributed by atoms with Crippen molar-refractivity contribution in [3.05, 3.63) is 99.1 Å². The Morgan fingerprint density at radius 2 is 1.50 bits per heavy atom. The van der Waals surface area contributed by atoms with Gasteiger partial charge in [0, 0.05) is 6.07 Å². The number of nitro benzene ring substituents is 1. The molecule has 144 valence electrons. The first kappa shape index (κ1) is 19.4. The Hall–Kier alpha value is -3.38. The van der Waals surface area contributed by atoms with Crippen molar-refractivity contribution < 1.29 is 19.5 Å². The third kappa shape index (κ3) is 4.86. The van der Waals surface area contributed by atoms with Gasteiger partial charge in [0.2, 0.25) is 0 Å². The molecule has 0 fully saturated rings. The van der Waals surface area contributed by atoms with Crippen molar-refractivity contribution in [3.8, 4) is 11.5 Å². The van der Waals surface area contributed by atoms with Gasteiger partial charge in [-0.25, -0.2) is 0 Å². The maximum absolute atomic E-state index is 11.4. The number of nitro groups is 1. The smallest absolute Gasteiger partial charge is 0.311 e. The molecule has 0 amide bonds. The molecule has 6 heteroatoms. The van der Waals surface area contributed by atoms with Crippen molar-refractivity contribution in [3.63, 3.8) is 0 Å². The Balaban J connectivity index is 1.70. The number of aliphatic hydroxyl groups excluding tert-OH is 1. The molecule has 3 aromatic rings. The average molecular weight is 379 g/mol. The Morgan fingerprint density at radius 3 is 2.18 bits per heavy atom. The molecule has 3 aromatic carbocycles. The molecule has 0 aromatic heterocycles. The molecular formula is C22H21NO5. The van der Waals surface area contributed by atoms with E-state index in [1.165, 1.54) is 6.07 Å². The molecule has 0 radical (unpaired) electrons. The SMILES string of the molecule is Cc1cc(CO)ccc1OCc1ccc(OCc2ccccc2)c([N+](=O)[O-])c1. The minimum absolute atomic E-state index is 0.0300. The molecule has 3 rings (SSSR count). The summed E-state index contributed by atoms with van der Waals surface area (Å²) in [4.78, 5) is 11.0. The van der Waals surface area contributed by atoms with E-state index in [-0.39, 0.29) is 31.3 Å². The van der Waals surface area contributed by atoms with Crippen LogP contribution < -0.4 is 9.47 Å². The maximum Gasteiger partial charge on any atom is 0.311 e. The first-order valence-corrected chi connectivity index (χ1v) is 8.84. The lowest BCUT2D eigenvalue weighted by Gasteiger charge is -2.11. The van der Waals surface area contributed by atoms with Gasteiger partial charge in [0.15, 0.2) is 5.75 Å². The lowest BCUT2D eigenvalue weighted by atomic mass is 10.1. The van der Waals surface area contributed by atoms with Crippen LogP contribution in [0.3, 0.4) is 0 Å². The van der Waals surface area contributed by atoms with E-state index in [4.69, 9.17) is 14.6 Å². The number of aliphatic hydroxyl groups is 1. The average Bonchev–Trinajstić information content (AvgIpc) is 2.72. The normalized spacial score (nSPS) is 10.5. The van der Waals surface area contributed by atoms with Gasteiger partial charge >= 0.3 is 5.69 Å². The molecule has 1 N–H and O–H groups in total. The number of benzene rings is 3. The van der Waals surface area contributed by atoms with E-state index < -0.39 is 4.92 Å². The standard InChI is InChI=1S/C22H21NO5/c1-16-11-18(13-24)7-9-21(16)27-15-19-8-10-22(20(12-19)23(25)26)28-14-17-5-3-2-4-6-17/h2-12,24H,13-15H2,1H3. The second kappa shape index (κ2) is 9.01. The zero-order chi connectivity index (χ0) is 19.9. The molecule has 0 aliphatic heterocycles. The van der Waals surface area contributed by atoms with Crippen molar-refractivity contribution in [1.82, 2.24) is 0 Å². The van der Waals surface area contributed by atoms with E-state index in [0.717, 1.165) is 16.7 Å². The highest BCUT2D eigenvalue weighted by molar-refractivity contribution is 5.49. The van der Waals surface area contributed by atoms with Crippen LogP contribution in [0.15, 0.2) is 66.7 Å². The summed E-state index contributed by atoms with van der Waals surface area (Å²) in [7, 11) is 0. The van der Waals surface area contributed by atoms with Gasteiger partial charge in [-0.15, -0.1) is 0 Å². The van der Waals surface area contributed by atoms with Gasteiger partial charge in [-0.2, -0.15) is 0 Å². The van der Waals surface area contributed by atoms with Gasteiger partial charge in [0.1, 0.15) is 19.0 Å². The molecule has 0 aliphatic rings. The van der Waals surface area contributed by atoms with Gasteiger partial charge in [-0.05, 0) is 41.3 Å². The number of nitrogens with zero attached hydrogens (tertiary/aromatic N) is 1. The first-order valence-electron chi connectivity index (χ1n) is 8.84. The van der Waals surface area contributed by atoms with Gasteiger partial charge in [-0.3, -0.25) is 10.1 Å². The highest BCUT2D eigenvalue weighted by atomic mass is 16.6. The fraction of sp³-hybridized carbons (Fsp3) is 0.182. The molecule has 0 atom stereocenters. The fourth-order valence-electron chi connectivity index (χ4n) is 2.79. The van der Waals surface area contributed by atoms with E-state index in [0.29, 0.717) is 11.3 Å². The summed E-state index contributed by atoms with van der Waals surface area (Å²) in [5.74, 6) is 0.894. The van der Waals surface area contributed by atoms with E-state index in [1.54, 1.807) is 24.3 Å². The Morgan fingerprint density at radius 1 is 0.857 bits per heavy atom. The van der Waals surface area contributed by atoms with E-state index >= 15 is 0 Å². The quantitative estimate of drug-likeness (QED) is 0.458. The predicted octanol–water partition coefficient (Wildman–Crippen LogP) is 4.55. The molecule has 28 heavy (non-hydrogen) atoms. The third-order valence-electron chi connectivity index (χ3n) is 4.27. The summed E-state index contributed by atoms with van der Waals surface area (Å²) in [5.41, 5.74) is 3.21. The Labute approximate surface area is 163 Å². The molecule has 6 nitrogen and oxygen atoms in total. The van der Waals surface area contributed by atoms with E-state index in [9.17, 15) is 10.1 Å². The van der Waals surface area contributed by atoms with E-state index in [2.05, 4.69) is 0 Å². The van der Waals surface area contributed by atoms with Crippen molar-refractivity contribution in [2.45, 2.75) is 26.7 Å². The number of aryl methyl sites for hydroxylation is 1. The van der Waals surface area contributed by atoms with Crippen LogP contribution in [0, 0.1) is 17.0 Å². The van der Waals surface area contributed by atoms with Crippen LogP contribution in [-0.4, -0.2) is 10.0 Å². The number of ether oxygens (including phenoxy) is 2. The van der Waals surface area contributed by atoms with Crippen LogP contribution in [0.25, 0.3) is 0 Å². The van der Waals surface area contributed by atoms with Crippen LogP contribution in [0.1, 0.15) is 22.3 Å². The zero-order valence-corrected chi connectivity index (χ0v) is 15.5. The topological polar surface area (TPSA) is 81.8 Å². The highest BCUT2D eigenvalue weighted by Crippen LogP contribution is 2.29. The number of rotatable bonds is 8. The maximum atomic E-state index is 11.4. The summed E-state index contributed by atoms with van der Waals surface area (Å²) >= 11 is 0. The van der Waals surface area contributed by atoms with Crippen LogP contribution in [0.5, 0.6) is 11.5 Å². The van der Waals surface area contributed by atoms with Crippen LogP contribution in [0.2, 0.25) is 0 Å². The summed E-state index contributed by atoms with van der Waals surface area (Å²) in [6.45, 7) is 2.31. The molecule has 0 aliphatic carbocycles. The van der Waals surface area contributed by atoms with Gasteiger partial charge in [-0.1, -0.05) is 48.5 Å². The van der Waals surface area contributed by atoms with Gasteiger partial charge in [0.25, 0.3) is 0 Å². The summed E-state index contributed by atoms with van der Waals surface area (Å²) in [5, 5.41) is 20.6. The number of hydrogen-bond donors (Lipinski definition) is 1. The zero-order valence-electron chi connectivity index (χ0n) is 15.5. The van der Waals surface area contributed by atoms with Crippen molar-refractivity contribution in [2.75, 3.05) is 0 Å². The molecule has 0 spiro atoms. The predicted molar refractivity (Wildman–Crippen MR) is 105 cm³/mol. The van der Waals surface area contributed by atoms with Crippen LogP contribution in [0.4, 0.5) is 5.69 Å². The largest absolute Gasteiger partial charge is 0.489 e. The van der Waals surface area contributed by atoms with Crippen LogP contribution >= 0.6 is 0 Å². The third-order valence-corrected chi connectivity index (χ3v) is 4.27. The minimum atomic E-state index is -0.453. The fourth-order valence-corrected chi connectivity index (χ4v) is 2.79. The highest BCUT2D eigenvalue weighted by Gasteiger charge is 2.16. The molecule has 0 saturated carbocycles. The minimum Gasteiger partial charge on any atom is -0.489 e. The lowest BCUT2D eigenvalue weighted by molar-refractivity contribution is -0.386. The first-order chi connectivity index (χ1) is 13.6. The second-order valence-electron chi connectivity index (χ2n) is 6.38. The summed E-state index contributed by atoms with van der Waals surface area (Å²) in [6, 6.07) is 19.7. The Bertz CT molecular complexity index is 956. The molecule has 0 unspecified atom stereocenters.